The second-order valence-corrected chi connectivity index (χ2v) is 5.45. The number of rotatable bonds is 4. The van der Waals surface area contributed by atoms with Gasteiger partial charge in [0.25, 0.3) is 0 Å². The molecule has 108 valence electrons. The van der Waals surface area contributed by atoms with Crippen molar-refractivity contribution in [3.63, 3.8) is 0 Å². The Balaban J connectivity index is 2.68. The number of carbonyl (C=O) groups excluding carboxylic acids is 1. The molecule has 0 spiro atoms. The van der Waals surface area contributed by atoms with Gasteiger partial charge in [-0.3, -0.25) is 0 Å². The molecule has 0 aliphatic heterocycles. The van der Waals surface area contributed by atoms with Crippen LogP contribution in [0.15, 0.2) is 11.1 Å². The summed E-state index contributed by atoms with van der Waals surface area (Å²) in [5.41, 5.74) is 1.32. The van der Waals surface area contributed by atoms with Crippen LogP contribution in [0, 0.1) is 6.92 Å². The summed E-state index contributed by atoms with van der Waals surface area (Å²) in [6.07, 6.45) is 5.45. The Bertz CT molecular complexity index is 559. The first-order chi connectivity index (χ1) is 9.59. The first-order valence-electron chi connectivity index (χ1n) is 6.60. The number of isocyanates is 1. The van der Waals surface area contributed by atoms with E-state index < -0.39 is 5.54 Å². The highest BCUT2D eigenvalue weighted by Gasteiger charge is 2.38. The number of nitrogens with zero attached hydrogens (tertiary/aromatic N) is 1. The Morgan fingerprint density at radius 3 is 2.35 bits per heavy atom. The van der Waals surface area contributed by atoms with Crippen LogP contribution in [0.3, 0.4) is 0 Å². The Morgan fingerprint density at radius 1 is 1.25 bits per heavy atom. The van der Waals surface area contributed by atoms with Gasteiger partial charge in [0.2, 0.25) is 6.08 Å². The quantitative estimate of drug-likeness (QED) is 0.627. The number of hydrogen-bond donors (Lipinski definition) is 0. The second-order valence-electron chi connectivity index (χ2n) is 5.04. The first kappa shape index (κ1) is 14.9. The molecule has 1 aliphatic carbocycles. The van der Waals surface area contributed by atoms with Crippen LogP contribution in [-0.4, -0.2) is 20.3 Å². The van der Waals surface area contributed by atoms with E-state index in [9.17, 15) is 4.79 Å². The molecule has 0 radical (unpaired) electrons. The highest BCUT2D eigenvalue weighted by molar-refractivity contribution is 6.32. The lowest BCUT2D eigenvalue weighted by Gasteiger charge is -2.27. The fraction of sp³-hybridized carbons (Fsp3) is 0.533. The van der Waals surface area contributed by atoms with Crippen LogP contribution >= 0.6 is 11.6 Å². The Hall–Kier alpha value is -1.51. The summed E-state index contributed by atoms with van der Waals surface area (Å²) in [6.45, 7) is 1.94. The van der Waals surface area contributed by atoms with Crippen molar-refractivity contribution in [2.75, 3.05) is 14.2 Å². The fourth-order valence-corrected chi connectivity index (χ4v) is 3.38. The van der Waals surface area contributed by atoms with E-state index in [1.165, 1.54) is 0 Å². The molecule has 5 heteroatoms. The molecule has 20 heavy (non-hydrogen) atoms. The maximum Gasteiger partial charge on any atom is 0.235 e. The minimum absolute atomic E-state index is 0.470. The van der Waals surface area contributed by atoms with Gasteiger partial charge in [-0.05, 0) is 31.4 Å². The van der Waals surface area contributed by atoms with Gasteiger partial charge in [0.15, 0.2) is 11.5 Å². The van der Waals surface area contributed by atoms with E-state index >= 15 is 0 Å². The van der Waals surface area contributed by atoms with Crippen LogP contribution < -0.4 is 9.47 Å². The molecule has 1 saturated carbocycles. The van der Waals surface area contributed by atoms with Crippen molar-refractivity contribution in [2.24, 2.45) is 4.99 Å². The van der Waals surface area contributed by atoms with Gasteiger partial charge in [-0.2, -0.15) is 4.99 Å². The van der Waals surface area contributed by atoms with E-state index in [1.807, 2.05) is 13.0 Å². The smallest absolute Gasteiger partial charge is 0.235 e. The lowest BCUT2D eigenvalue weighted by atomic mass is 9.85. The van der Waals surface area contributed by atoms with Crippen LogP contribution in [0.4, 0.5) is 0 Å². The van der Waals surface area contributed by atoms with Gasteiger partial charge in [-0.15, -0.1) is 0 Å². The van der Waals surface area contributed by atoms with Crippen molar-refractivity contribution in [3.05, 3.63) is 22.2 Å². The Kier molecular flexibility index (Phi) is 4.36. The van der Waals surface area contributed by atoms with E-state index in [2.05, 4.69) is 4.99 Å². The third-order valence-electron chi connectivity index (χ3n) is 4.04. The zero-order valence-corrected chi connectivity index (χ0v) is 12.7. The molecule has 0 aromatic heterocycles. The molecule has 2 rings (SSSR count). The highest BCUT2D eigenvalue weighted by atomic mass is 35.5. The largest absolute Gasteiger partial charge is 0.493 e. The van der Waals surface area contributed by atoms with Crippen molar-refractivity contribution in [1.82, 2.24) is 0 Å². The summed E-state index contributed by atoms with van der Waals surface area (Å²) in [7, 11) is 3.13. The molecule has 1 aliphatic rings. The highest BCUT2D eigenvalue weighted by Crippen LogP contribution is 2.49. The monoisotopic (exact) mass is 295 g/mol. The number of ether oxygens (including phenoxy) is 2. The minimum Gasteiger partial charge on any atom is -0.493 e. The zero-order chi connectivity index (χ0) is 14.8. The molecule has 0 bridgehead atoms. The van der Waals surface area contributed by atoms with Crippen LogP contribution in [0.1, 0.15) is 36.8 Å². The Labute approximate surface area is 123 Å². The van der Waals surface area contributed by atoms with E-state index in [0.29, 0.717) is 16.5 Å². The SMILES string of the molecule is COc1c(Cl)cc(C2(N=C=O)CCCC2)c(C)c1OC. The summed E-state index contributed by atoms with van der Waals surface area (Å²) < 4.78 is 10.7. The summed E-state index contributed by atoms with van der Waals surface area (Å²) in [4.78, 5) is 14.9. The van der Waals surface area contributed by atoms with Crippen LogP contribution in [-0.2, 0) is 10.3 Å². The van der Waals surface area contributed by atoms with Gasteiger partial charge in [-0.25, -0.2) is 4.79 Å². The predicted molar refractivity (Wildman–Crippen MR) is 77.6 cm³/mol. The zero-order valence-electron chi connectivity index (χ0n) is 12.0. The molecule has 1 aromatic carbocycles. The number of halogens is 1. The molecular formula is C15H18ClNO3. The van der Waals surface area contributed by atoms with E-state index in [0.717, 1.165) is 36.8 Å². The van der Waals surface area contributed by atoms with Gasteiger partial charge >= 0.3 is 0 Å². The number of methoxy groups -OCH3 is 2. The molecule has 1 aromatic rings. The van der Waals surface area contributed by atoms with Crippen molar-refractivity contribution >= 4 is 17.7 Å². The molecule has 0 saturated heterocycles. The van der Waals surface area contributed by atoms with Crippen LogP contribution in [0.2, 0.25) is 5.02 Å². The standard InChI is InChI=1S/C15H18ClNO3/c1-10-11(15(17-9-18)6-4-5-7-15)8-12(16)14(20-3)13(10)19-2/h8H,4-7H2,1-3H3. The van der Waals surface area contributed by atoms with Gasteiger partial charge in [0.05, 0.1) is 24.8 Å². The molecule has 0 unspecified atom stereocenters. The Morgan fingerprint density at radius 2 is 1.85 bits per heavy atom. The summed E-state index contributed by atoms with van der Waals surface area (Å²) in [6, 6.07) is 1.84. The summed E-state index contributed by atoms with van der Waals surface area (Å²) >= 11 is 6.28. The van der Waals surface area contributed by atoms with E-state index in [1.54, 1.807) is 20.3 Å². The molecule has 0 amide bonds. The van der Waals surface area contributed by atoms with Gasteiger partial charge in [0.1, 0.15) is 0 Å². The van der Waals surface area contributed by atoms with E-state index in [-0.39, 0.29) is 0 Å². The molecule has 0 atom stereocenters. The van der Waals surface area contributed by atoms with Crippen molar-refractivity contribution in [3.8, 4) is 11.5 Å². The molecule has 4 nitrogen and oxygen atoms in total. The number of aliphatic imine (C=N–C) groups is 1. The van der Waals surface area contributed by atoms with Crippen LogP contribution in [0.25, 0.3) is 0 Å². The van der Waals surface area contributed by atoms with Gasteiger partial charge in [0, 0.05) is 5.56 Å². The topological polar surface area (TPSA) is 47.9 Å². The predicted octanol–water partition coefficient (Wildman–Crippen LogP) is 3.77. The summed E-state index contributed by atoms with van der Waals surface area (Å²) in [5.74, 6) is 1.11. The number of benzene rings is 1. The third-order valence-corrected chi connectivity index (χ3v) is 4.32. The van der Waals surface area contributed by atoms with Crippen LogP contribution in [0.5, 0.6) is 11.5 Å². The van der Waals surface area contributed by atoms with Crippen molar-refractivity contribution < 1.29 is 14.3 Å². The van der Waals surface area contributed by atoms with Gasteiger partial charge in [-0.1, -0.05) is 24.4 Å². The third kappa shape index (κ3) is 2.30. The normalized spacial score (nSPS) is 16.6. The molecule has 0 heterocycles. The maximum atomic E-state index is 10.8. The van der Waals surface area contributed by atoms with Gasteiger partial charge < -0.3 is 9.47 Å². The average Bonchev–Trinajstić information content (AvgIpc) is 2.90. The van der Waals surface area contributed by atoms with Crippen molar-refractivity contribution in [2.45, 2.75) is 38.1 Å². The molecule has 0 N–H and O–H groups in total. The maximum absolute atomic E-state index is 10.8. The van der Waals surface area contributed by atoms with E-state index in [4.69, 9.17) is 21.1 Å². The average molecular weight is 296 g/mol. The lowest BCUT2D eigenvalue weighted by molar-refractivity contribution is 0.349. The lowest BCUT2D eigenvalue weighted by Crippen LogP contribution is -2.21. The van der Waals surface area contributed by atoms with Crippen molar-refractivity contribution in [1.29, 1.82) is 0 Å². The number of hydrogen-bond acceptors (Lipinski definition) is 4. The summed E-state index contributed by atoms with van der Waals surface area (Å²) in [5, 5.41) is 0.470. The fourth-order valence-electron chi connectivity index (χ4n) is 3.11. The molecule has 1 fully saturated rings. The first-order valence-corrected chi connectivity index (χ1v) is 6.98. The minimum atomic E-state index is -0.519. The molecular weight excluding hydrogens is 278 g/mol. The second kappa shape index (κ2) is 5.86.